The number of carbonyl (C=O) groups excluding carboxylic acids is 1. The number of amides is 2. The summed E-state index contributed by atoms with van der Waals surface area (Å²) < 4.78 is 0. The molecule has 0 spiro atoms. The molecular formula is C15H22ClN3O2. The Bertz CT molecular complexity index is 472. The number of halogens is 1. The molecule has 0 radical (unpaired) electrons. The van der Waals surface area contributed by atoms with Crippen LogP contribution in [-0.2, 0) is 0 Å². The summed E-state index contributed by atoms with van der Waals surface area (Å²) in [6.45, 7) is 5.13. The second kappa shape index (κ2) is 7.64. The van der Waals surface area contributed by atoms with Crippen LogP contribution < -0.4 is 5.32 Å². The molecule has 21 heavy (non-hydrogen) atoms. The summed E-state index contributed by atoms with van der Waals surface area (Å²) in [4.78, 5) is 16.2. The quantitative estimate of drug-likeness (QED) is 0.897. The molecule has 0 aliphatic carbocycles. The van der Waals surface area contributed by atoms with Crippen molar-refractivity contribution in [2.45, 2.75) is 19.4 Å². The van der Waals surface area contributed by atoms with Crippen LogP contribution >= 0.6 is 11.6 Å². The minimum Gasteiger partial charge on any atom is -0.395 e. The number of nitrogens with one attached hydrogen (secondary N) is 1. The van der Waals surface area contributed by atoms with Crippen molar-refractivity contribution in [1.82, 2.24) is 9.80 Å². The first kappa shape index (κ1) is 16.1. The molecule has 1 aliphatic heterocycles. The van der Waals surface area contributed by atoms with Gasteiger partial charge in [0.25, 0.3) is 0 Å². The first-order chi connectivity index (χ1) is 10.2. The maximum absolute atomic E-state index is 12.2. The van der Waals surface area contributed by atoms with E-state index >= 15 is 0 Å². The third-order valence-corrected chi connectivity index (χ3v) is 4.24. The van der Waals surface area contributed by atoms with E-state index in [0.29, 0.717) is 23.8 Å². The van der Waals surface area contributed by atoms with Gasteiger partial charge in [-0.1, -0.05) is 30.7 Å². The van der Waals surface area contributed by atoms with E-state index in [-0.39, 0.29) is 18.7 Å². The van der Waals surface area contributed by atoms with E-state index < -0.39 is 0 Å². The Morgan fingerprint density at radius 2 is 2.00 bits per heavy atom. The van der Waals surface area contributed by atoms with Gasteiger partial charge in [0.05, 0.1) is 17.3 Å². The summed E-state index contributed by atoms with van der Waals surface area (Å²) in [7, 11) is 0. The Kier molecular flexibility index (Phi) is 5.85. The number of carbonyl (C=O) groups is 1. The Labute approximate surface area is 130 Å². The number of hydrogen-bond acceptors (Lipinski definition) is 3. The number of para-hydroxylation sites is 1. The van der Waals surface area contributed by atoms with Gasteiger partial charge in [-0.15, -0.1) is 0 Å². The lowest BCUT2D eigenvalue weighted by molar-refractivity contribution is 0.0766. The topological polar surface area (TPSA) is 55.8 Å². The van der Waals surface area contributed by atoms with Crippen molar-refractivity contribution in [1.29, 1.82) is 0 Å². The molecule has 0 aromatic heterocycles. The molecule has 0 bridgehead atoms. The zero-order valence-corrected chi connectivity index (χ0v) is 13.0. The highest BCUT2D eigenvalue weighted by Gasteiger charge is 2.25. The zero-order chi connectivity index (χ0) is 15.2. The predicted molar refractivity (Wildman–Crippen MR) is 84.8 cm³/mol. The summed E-state index contributed by atoms with van der Waals surface area (Å²) in [6.07, 6.45) is 0.919. The molecule has 1 fully saturated rings. The molecule has 2 amide bonds. The number of aliphatic hydroxyl groups is 1. The molecule has 5 nitrogen and oxygen atoms in total. The highest BCUT2D eigenvalue weighted by molar-refractivity contribution is 6.33. The number of urea groups is 1. The van der Waals surface area contributed by atoms with E-state index in [2.05, 4.69) is 17.1 Å². The molecule has 1 aliphatic rings. The zero-order valence-electron chi connectivity index (χ0n) is 12.3. The minimum atomic E-state index is -0.125. The van der Waals surface area contributed by atoms with Gasteiger partial charge in [0, 0.05) is 32.2 Å². The molecule has 2 N–H and O–H groups in total. The first-order valence-electron chi connectivity index (χ1n) is 7.31. The third kappa shape index (κ3) is 4.09. The largest absolute Gasteiger partial charge is 0.395 e. The number of rotatable bonds is 4. The van der Waals surface area contributed by atoms with Crippen molar-refractivity contribution >= 4 is 23.3 Å². The number of hydrogen-bond donors (Lipinski definition) is 2. The summed E-state index contributed by atoms with van der Waals surface area (Å²) in [5, 5.41) is 12.7. The monoisotopic (exact) mass is 311 g/mol. The van der Waals surface area contributed by atoms with Gasteiger partial charge in [0.1, 0.15) is 0 Å². The van der Waals surface area contributed by atoms with Crippen molar-refractivity contribution in [2.75, 3.05) is 38.1 Å². The van der Waals surface area contributed by atoms with E-state index in [0.717, 1.165) is 19.5 Å². The molecule has 6 heteroatoms. The molecule has 0 saturated carbocycles. The van der Waals surface area contributed by atoms with Gasteiger partial charge in [-0.25, -0.2) is 4.79 Å². The van der Waals surface area contributed by atoms with Crippen LogP contribution in [0.2, 0.25) is 5.02 Å². The Hall–Kier alpha value is -1.30. The summed E-state index contributed by atoms with van der Waals surface area (Å²) >= 11 is 6.04. The van der Waals surface area contributed by atoms with Gasteiger partial charge < -0.3 is 15.3 Å². The van der Waals surface area contributed by atoms with Gasteiger partial charge in [0.15, 0.2) is 0 Å². The smallest absolute Gasteiger partial charge is 0.321 e. The second-order valence-electron chi connectivity index (χ2n) is 5.18. The SMILES string of the molecule is CCC(CO)N1CCN(C(=O)Nc2ccccc2Cl)CC1. The van der Waals surface area contributed by atoms with E-state index in [1.54, 1.807) is 17.0 Å². The van der Waals surface area contributed by atoms with Gasteiger partial charge in [-0.2, -0.15) is 0 Å². The maximum atomic E-state index is 12.2. The molecule has 116 valence electrons. The van der Waals surface area contributed by atoms with Gasteiger partial charge in [0.2, 0.25) is 0 Å². The molecule has 2 rings (SSSR count). The van der Waals surface area contributed by atoms with Crippen molar-refractivity contribution < 1.29 is 9.90 Å². The van der Waals surface area contributed by atoms with Crippen molar-refractivity contribution in [3.05, 3.63) is 29.3 Å². The summed E-state index contributed by atoms with van der Waals surface area (Å²) in [5.74, 6) is 0. The fourth-order valence-corrected chi connectivity index (χ4v) is 2.73. The lowest BCUT2D eigenvalue weighted by Crippen LogP contribution is -2.53. The third-order valence-electron chi connectivity index (χ3n) is 3.92. The van der Waals surface area contributed by atoms with E-state index in [1.165, 1.54) is 0 Å². The summed E-state index contributed by atoms with van der Waals surface area (Å²) in [6, 6.07) is 7.28. The molecule has 1 aromatic carbocycles. The van der Waals surface area contributed by atoms with Crippen LogP contribution in [0.1, 0.15) is 13.3 Å². The van der Waals surface area contributed by atoms with Crippen LogP contribution in [-0.4, -0.2) is 59.8 Å². The minimum absolute atomic E-state index is 0.125. The highest BCUT2D eigenvalue weighted by Crippen LogP contribution is 2.21. The molecule has 1 saturated heterocycles. The number of benzene rings is 1. The van der Waals surface area contributed by atoms with Crippen LogP contribution in [0.25, 0.3) is 0 Å². The first-order valence-corrected chi connectivity index (χ1v) is 7.68. The van der Waals surface area contributed by atoms with Crippen LogP contribution in [0.4, 0.5) is 10.5 Å². The average molecular weight is 312 g/mol. The molecule has 1 atom stereocenters. The maximum Gasteiger partial charge on any atom is 0.321 e. The van der Waals surface area contributed by atoms with Crippen LogP contribution in [0.15, 0.2) is 24.3 Å². The van der Waals surface area contributed by atoms with Gasteiger partial charge in [-0.3, -0.25) is 4.90 Å². The van der Waals surface area contributed by atoms with E-state index in [9.17, 15) is 9.90 Å². The number of anilines is 1. The number of nitrogens with zero attached hydrogens (tertiary/aromatic N) is 2. The standard InChI is InChI=1S/C15H22ClN3O2/c1-2-12(11-20)18-7-9-19(10-8-18)15(21)17-14-6-4-3-5-13(14)16/h3-6,12,20H,2,7-11H2,1H3,(H,17,21). The summed E-state index contributed by atoms with van der Waals surface area (Å²) in [5.41, 5.74) is 0.633. The molecule has 1 heterocycles. The number of piperazine rings is 1. The number of aliphatic hydroxyl groups excluding tert-OH is 1. The van der Waals surface area contributed by atoms with Crippen molar-refractivity contribution in [3.63, 3.8) is 0 Å². The fourth-order valence-electron chi connectivity index (χ4n) is 2.55. The molecular weight excluding hydrogens is 290 g/mol. The Balaban J connectivity index is 1.87. The van der Waals surface area contributed by atoms with Gasteiger partial charge >= 0.3 is 6.03 Å². The van der Waals surface area contributed by atoms with Crippen LogP contribution in [0.3, 0.4) is 0 Å². The van der Waals surface area contributed by atoms with E-state index in [4.69, 9.17) is 11.6 Å². The molecule has 1 unspecified atom stereocenters. The van der Waals surface area contributed by atoms with Crippen LogP contribution in [0, 0.1) is 0 Å². The van der Waals surface area contributed by atoms with Crippen LogP contribution in [0.5, 0.6) is 0 Å². The normalized spacial score (nSPS) is 17.6. The fraction of sp³-hybridized carbons (Fsp3) is 0.533. The second-order valence-corrected chi connectivity index (χ2v) is 5.58. The Morgan fingerprint density at radius 3 is 2.57 bits per heavy atom. The average Bonchev–Trinajstić information content (AvgIpc) is 2.51. The van der Waals surface area contributed by atoms with Crippen molar-refractivity contribution in [2.24, 2.45) is 0 Å². The highest BCUT2D eigenvalue weighted by atomic mass is 35.5. The van der Waals surface area contributed by atoms with Gasteiger partial charge in [-0.05, 0) is 18.6 Å². The predicted octanol–water partition coefficient (Wildman–Crippen LogP) is 2.26. The Morgan fingerprint density at radius 1 is 1.33 bits per heavy atom. The van der Waals surface area contributed by atoms with E-state index in [1.807, 2.05) is 12.1 Å². The molecule has 1 aromatic rings. The van der Waals surface area contributed by atoms with Crippen molar-refractivity contribution in [3.8, 4) is 0 Å². The lowest BCUT2D eigenvalue weighted by Gasteiger charge is -2.38. The lowest BCUT2D eigenvalue weighted by atomic mass is 10.2.